The van der Waals surface area contributed by atoms with E-state index in [0.717, 1.165) is 45.6 Å². The normalized spacial score (nSPS) is 18.9. The Labute approximate surface area is 236 Å². The average molecular weight is 564 g/mol. The van der Waals surface area contributed by atoms with Crippen LogP contribution >= 0.6 is 11.8 Å². The smallest absolute Gasteiger partial charge is 0.339 e. The second-order valence-electron chi connectivity index (χ2n) is 9.23. The monoisotopic (exact) mass is 563 g/mol. The van der Waals surface area contributed by atoms with E-state index in [0.29, 0.717) is 41.0 Å². The summed E-state index contributed by atoms with van der Waals surface area (Å²) < 4.78 is 10.9. The van der Waals surface area contributed by atoms with E-state index in [1.165, 1.54) is 17.8 Å². The van der Waals surface area contributed by atoms with Crippen LogP contribution in [0.2, 0.25) is 0 Å². The number of ether oxygens (including phenoxy) is 1. The molecule has 2 unspecified atom stereocenters. The first-order valence-electron chi connectivity index (χ1n) is 13.9. The topological polar surface area (TPSA) is 109 Å². The van der Waals surface area contributed by atoms with Gasteiger partial charge in [0.2, 0.25) is 5.91 Å². The molecule has 10 nitrogen and oxygen atoms in total. The summed E-state index contributed by atoms with van der Waals surface area (Å²) >= 11 is 1.49. The van der Waals surface area contributed by atoms with Crippen molar-refractivity contribution in [2.24, 2.45) is 10.1 Å². The number of likely N-dealkylation sites (N-methyl/N-ethyl adjacent to an activating group) is 1. The number of nitrogens with one attached hydrogen (secondary N) is 1. The van der Waals surface area contributed by atoms with Gasteiger partial charge in [0.1, 0.15) is 41.5 Å². The molecular weight excluding hydrogens is 518 g/mol. The summed E-state index contributed by atoms with van der Waals surface area (Å²) in [7, 11) is 2.15. The van der Waals surface area contributed by atoms with Crippen molar-refractivity contribution in [2.45, 2.75) is 59.0 Å². The lowest BCUT2D eigenvalue weighted by molar-refractivity contribution is -0.122. The first-order chi connectivity index (χ1) is 18.9. The zero-order chi connectivity index (χ0) is 28.6. The molecule has 1 fully saturated rings. The van der Waals surface area contributed by atoms with Gasteiger partial charge >= 0.3 is 5.63 Å². The van der Waals surface area contributed by atoms with E-state index < -0.39 is 17.7 Å². The van der Waals surface area contributed by atoms with Crippen molar-refractivity contribution in [3.63, 3.8) is 0 Å². The van der Waals surface area contributed by atoms with Crippen LogP contribution in [0.25, 0.3) is 0 Å². The molecule has 1 saturated heterocycles. The number of piperazine rings is 1. The summed E-state index contributed by atoms with van der Waals surface area (Å²) in [5.74, 6) is 1.04. The fraction of sp³-hybridized carbons (Fsp3) is 0.643. The van der Waals surface area contributed by atoms with Gasteiger partial charge in [0.25, 0.3) is 0 Å². The van der Waals surface area contributed by atoms with Crippen LogP contribution in [0, 0.1) is 0 Å². The molecule has 1 aromatic heterocycles. The van der Waals surface area contributed by atoms with E-state index >= 15 is 0 Å². The van der Waals surface area contributed by atoms with Gasteiger partial charge in [0.15, 0.2) is 0 Å². The lowest BCUT2D eigenvalue weighted by Crippen LogP contribution is -2.44. The number of carbonyl (C=O) groups is 1. The molecule has 0 bridgehead atoms. The fourth-order valence-corrected chi connectivity index (χ4v) is 5.03. The van der Waals surface area contributed by atoms with Crippen molar-refractivity contribution in [1.29, 1.82) is 0 Å². The predicted molar refractivity (Wildman–Crippen MR) is 159 cm³/mol. The minimum atomic E-state index is -0.548. The first-order valence-corrected chi connectivity index (χ1v) is 14.9. The molecule has 0 aliphatic carbocycles. The van der Waals surface area contributed by atoms with Gasteiger partial charge in [0, 0.05) is 44.5 Å². The SMILES string of the molecule is C=CCOc1cc(C(CCC)NC(=O)C2CSC(/C(C)=N/OCCCN3CCN(C)CC3)=N2)oc(=O)c1.CC. The van der Waals surface area contributed by atoms with Gasteiger partial charge in [-0.05, 0) is 26.8 Å². The Morgan fingerprint density at radius 1 is 1.33 bits per heavy atom. The Morgan fingerprint density at radius 2 is 2.08 bits per heavy atom. The maximum absolute atomic E-state index is 13.0. The summed E-state index contributed by atoms with van der Waals surface area (Å²) in [5.41, 5.74) is 0.141. The summed E-state index contributed by atoms with van der Waals surface area (Å²) in [6.07, 6.45) is 3.91. The highest BCUT2D eigenvalue weighted by Crippen LogP contribution is 2.24. The minimum absolute atomic E-state index is 0.220. The molecule has 2 aliphatic heterocycles. The van der Waals surface area contributed by atoms with Crippen LogP contribution < -0.4 is 15.7 Å². The van der Waals surface area contributed by atoms with E-state index in [4.69, 9.17) is 14.0 Å². The Bertz CT molecular complexity index is 1020. The highest BCUT2D eigenvalue weighted by atomic mass is 32.2. The van der Waals surface area contributed by atoms with Crippen LogP contribution in [0.15, 0.2) is 44.1 Å². The maximum Gasteiger partial charge on any atom is 0.339 e. The molecule has 1 aromatic rings. The molecule has 3 rings (SSSR count). The summed E-state index contributed by atoms with van der Waals surface area (Å²) in [6, 6.07) is 1.91. The summed E-state index contributed by atoms with van der Waals surface area (Å²) in [4.78, 5) is 39.9. The van der Waals surface area contributed by atoms with Crippen LogP contribution in [-0.2, 0) is 9.63 Å². The lowest BCUT2D eigenvalue weighted by atomic mass is 10.1. The van der Waals surface area contributed by atoms with E-state index in [1.54, 1.807) is 12.1 Å². The molecule has 2 atom stereocenters. The Balaban J connectivity index is 0.00000260. The van der Waals surface area contributed by atoms with Crippen molar-refractivity contribution in [1.82, 2.24) is 15.1 Å². The number of rotatable bonds is 14. The highest BCUT2D eigenvalue weighted by molar-refractivity contribution is 8.16. The molecule has 3 heterocycles. The molecule has 0 radical (unpaired) electrons. The van der Waals surface area contributed by atoms with Crippen LogP contribution in [0.1, 0.15) is 58.8 Å². The number of oxime groups is 1. The molecule has 39 heavy (non-hydrogen) atoms. The summed E-state index contributed by atoms with van der Waals surface area (Å²) in [6.45, 7) is 17.7. The minimum Gasteiger partial charge on any atom is -0.489 e. The van der Waals surface area contributed by atoms with Crippen molar-refractivity contribution < 1.29 is 18.8 Å². The fourth-order valence-electron chi connectivity index (χ4n) is 4.04. The van der Waals surface area contributed by atoms with Gasteiger partial charge in [-0.1, -0.05) is 45.0 Å². The Morgan fingerprint density at radius 3 is 2.77 bits per heavy atom. The summed E-state index contributed by atoms with van der Waals surface area (Å²) in [5, 5.41) is 7.91. The number of amides is 1. The number of hydrogen-bond donors (Lipinski definition) is 1. The molecule has 1 N–H and O–H groups in total. The zero-order valence-corrected chi connectivity index (χ0v) is 24.9. The molecule has 218 valence electrons. The zero-order valence-electron chi connectivity index (χ0n) is 24.1. The number of nitrogens with zero attached hydrogens (tertiary/aromatic N) is 4. The molecule has 0 spiro atoms. The predicted octanol–water partition coefficient (Wildman–Crippen LogP) is 3.73. The Kier molecular flexibility index (Phi) is 14.9. The van der Waals surface area contributed by atoms with Gasteiger partial charge < -0.3 is 29.1 Å². The van der Waals surface area contributed by atoms with Gasteiger partial charge in [-0.15, -0.1) is 11.8 Å². The third-order valence-corrected chi connectivity index (χ3v) is 7.30. The van der Waals surface area contributed by atoms with Crippen molar-refractivity contribution in [3.8, 4) is 5.75 Å². The number of carbonyl (C=O) groups excluding carboxylic acids is 1. The van der Waals surface area contributed by atoms with Crippen LogP contribution in [0.4, 0.5) is 0 Å². The van der Waals surface area contributed by atoms with Crippen molar-refractivity contribution in [3.05, 3.63) is 41.0 Å². The molecule has 11 heteroatoms. The molecular formula is C28H45N5O5S. The second-order valence-corrected chi connectivity index (χ2v) is 10.2. The van der Waals surface area contributed by atoms with E-state index in [9.17, 15) is 9.59 Å². The van der Waals surface area contributed by atoms with Gasteiger partial charge in [-0.25, -0.2) is 4.79 Å². The lowest BCUT2D eigenvalue weighted by Gasteiger charge is -2.32. The average Bonchev–Trinajstić information content (AvgIpc) is 3.44. The Hall–Kier alpha value is -2.63. The van der Waals surface area contributed by atoms with Crippen LogP contribution in [0.3, 0.4) is 0 Å². The van der Waals surface area contributed by atoms with E-state index in [2.05, 4.69) is 38.9 Å². The number of hydrogen-bond acceptors (Lipinski definition) is 10. The van der Waals surface area contributed by atoms with Crippen LogP contribution in [-0.4, -0.2) is 91.2 Å². The van der Waals surface area contributed by atoms with E-state index in [-0.39, 0.29) is 12.5 Å². The molecule has 1 amide bonds. The number of thioether (sulfide) groups is 1. The quantitative estimate of drug-likeness (QED) is 0.158. The standard InChI is InChI=1S/C26H39N5O5S.C2H6/c1-5-8-21(23-16-20(34-14-6-2)17-24(32)36-23)27-25(33)22-18-37-26(28-22)19(3)29-35-15-7-9-31-12-10-30(4)11-13-31;1-2/h6,16-17,21-22H,2,5,7-15,18H2,1,3-4H3,(H,27,33);1-2H3/b29-19+;. The first kappa shape index (κ1) is 32.6. The second kappa shape index (κ2) is 17.9. The third-order valence-electron chi connectivity index (χ3n) is 6.14. The highest BCUT2D eigenvalue weighted by Gasteiger charge is 2.29. The molecule has 2 aliphatic rings. The van der Waals surface area contributed by atoms with Gasteiger partial charge in [-0.3, -0.25) is 9.79 Å². The van der Waals surface area contributed by atoms with Crippen molar-refractivity contribution in [2.75, 3.05) is 58.7 Å². The number of aliphatic imine (C=N–C) groups is 1. The van der Waals surface area contributed by atoms with E-state index in [1.807, 2.05) is 27.7 Å². The molecule has 0 aromatic carbocycles. The maximum atomic E-state index is 13.0. The van der Waals surface area contributed by atoms with Crippen molar-refractivity contribution >= 4 is 28.4 Å². The van der Waals surface area contributed by atoms with Crippen LogP contribution in [0.5, 0.6) is 5.75 Å². The largest absolute Gasteiger partial charge is 0.489 e. The van der Waals surface area contributed by atoms with Gasteiger partial charge in [-0.2, -0.15) is 0 Å². The molecule has 0 saturated carbocycles. The van der Waals surface area contributed by atoms with Gasteiger partial charge in [0.05, 0.1) is 12.1 Å². The third kappa shape index (κ3) is 11.2.